The smallest absolute Gasteiger partial charge is 0.273 e. The Morgan fingerprint density at radius 2 is 1.55 bits per heavy atom. The average Bonchev–Trinajstić information content (AvgIpc) is 3.10. The summed E-state index contributed by atoms with van der Waals surface area (Å²) in [5.74, 6) is -1.82. The standard InChI is InChI=1S/C26H20N2O5/c1-26-17-9-5-3-7-15(17)21(16-8-4-6-10-18(16)26)22-23(26)25(30)27(24(22)29)19-12-11-14(28(31)32)13-20(19)33-2/h3-13,21-23H,1-2H3/t21?,22-,23-,26?/m0/s1. The number of methoxy groups -OCH3 is 1. The third kappa shape index (κ3) is 2.29. The first-order valence-electron chi connectivity index (χ1n) is 10.8. The van der Waals surface area contributed by atoms with Crippen LogP contribution in [0.4, 0.5) is 11.4 Å². The van der Waals surface area contributed by atoms with Gasteiger partial charge in [-0.1, -0.05) is 55.5 Å². The molecule has 3 aromatic rings. The van der Waals surface area contributed by atoms with Crippen LogP contribution in [0.25, 0.3) is 0 Å². The van der Waals surface area contributed by atoms with Crippen LogP contribution >= 0.6 is 0 Å². The Balaban J connectivity index is 1.57. The van der Waals surface area contributed by atoms with E-state index in [-0.39, 0.29) is 34.9 Å². The van der Waals surface area contributed by atoms with Gasteiger partial charge in [-0.3, -0.25) is 19.7 Å². The number of nitrogens with zero attached hydrogens (tertiary/aromatic N) is 2. The molecule has 0 aromatic heterocycles. The summed E-state index contributed by atoms with van der Waals surface area (Å²) in [6.07, 6.45) is 0. The van der Waals surface area contributed by atoms with Gasteiger partial charge in [-0.25, -0.2) is 4.90 Å². The number of nitro groups is 1. The number of anilines is 1. The monoisotopic (exact) mass is 440 g/mol. The molecule has 3 aromatic carbocycles. The highest BCUT2D eigenvalue weighted by Gasteiger charge is 2.66. The Hall–Kier alpha value is -4.00. The lowest BCUT2D eigenvalue weighted by atomic mass is 9.48. The molecule has 1 heterocycles. The molecule has 1 aliphatic heterocycles. The van der Waals surface area contributed by atoms with E-state index >= 15 is 0 Å². The van der Waals surface area contributed by atoms with Crippen molar-refractivity contribution in [1.29, 1.82) is 0 Å². The van der Waals surface area contributed by atoms with Crippen LogP contribution < -0.4 is 9.64 Å². The van der Waals surface area contributed by atoms with Crippen LogP contribution in [0.3, 0.4) is 0 Å². The van der Waals surface area contributed by atoms with Crippen LogP contribution in [0.5, 0.6) is 5.75 Å². The van der Waals surface area contributed by atoms with E-state index in [1.54, 1.807) is 0 Å². The average molecular weight is 440 g/mol. The molecule has 164 valence electrons. The van der Waals surface area contributed by atoms with E-state index in [1.165, 1.54) is 30.2 Å². The second-order valence-electron chi connectivity index (χ2n) is 8.98. The molecule has 3 aliphatic carbocycles. The van der Waals surface area contributed by atoms with E-state index in [9.17, 15) is 19.7 Å². The van der Waals surface area contributed by atoms with E-state index in [1.807, 2.05) is 24.3 Å². The molecule has 0 unspecified atom stereocenters. The lowest BCUT2D eigenvalue weighted by Gasteiger charge is -2.52. The van der Waals surface area contributed by atoms with Gasteiger partial charge in [-0.2, -0.15) is 0 Å². The fraction of sp³-hybridized carbons (Fsp3) is 0.231. The molecule has 7 nitrogen and oxygen atoms in total. The molecule has 0 spiro atoms. The number of hydrogen-bond donors (Lipinski definition) is 0. The van der Waals surface area contributed by atoms with Gasteiger partial charge in [0, 0.05) is 17.4 Å². The van der Waals surface area contributed by atoms with Crippen molar-refractivity contribution in [2.75, 3.05) is 12.0 Å². The Kier molecular flexibility index (Phi) is 3.88. The number of rotatable bonds is 3. The molecular formula is C26H20N2O5. The summed E-state index contributed by atoms with van der Waals surface area (Å²) in [7, 11) is 1.37. The van der Waals surface area contributed by atoms with E-state index in [0.717, 1.165) is 22.3 Å². The van der Waals surface area contributed by atoms with Crippen molar-refractivity contribution < 1.29 is 19.2 Å². The number of carbonyl (C=O) groups is 2. The first kappa shape index (κ1) is 19.7. The fourth-order valence-corrected chi connectivity index (χ4v) is 6.35. The maximum absolute atomic E-state index is 14.0. The number of non-ortho nitro benzene ring substituents is 1. The van der Waals surface area contributed by atoms with Gasteiger partial charge in [0.2, 0.25) is 11.8 Å². The highest BCUT2D eigenvalue weighted by atomic mass is 16.6. The van der Waals surface area contributed by atoms with E-state index in [2.05, 4.69) is 31.2 Å². The van der Waals surface area contributed by atoms with Crippen LogP contribution in [0, 0.1) is 22.0 Å². The van der Waals surface area contributed by atoms with Gasteiger partial charge in [0.15, 0.2) is 0 Å². The van der Waals surface area contributed by atoms with Gasteiger partial charge >= 0.3 is 0 Å². The molecular weight excluding hydrogens is 420 g/mol. The first-order valence-corrected chi connectivity index (χ1v) is 10.8. The van der Waals surface area contributed by atoms with Gasteiger partial charge in [-0.15, -0.1) is 0 Å². The highest BCUT2D eigenvalue weighted by Crippen LogP contribution is 2.64. The quantitative estimate of drug-likeness (QED) is 0.346. The second kappa shape index (κ2) is 6.51. The van der Waals surface area contributed by atoms with Crippen molar-refractivity contribution in [2.24, 2.45) is 11.8 Å². The molecule has 4 aliphatic rings. The minimum absolute atomic E-state index is 0.122. The zero-order valence-electron chi connectivity index (χ0n) is 18.0. The number of benzene rings is 3. The molecule has 2 bridgehead atoms. The summed E-state index contributed by atoms with van der Waals surface area (Å²) in [5, 5.41) is 11.2. The number of carbonyl (C=O) groups excluding carboxylic acids is 2. The summed E-state index contributed by atoms with van der Waals surface area (Å²) in [4.78, 5) is 39.7. The maximum atomic E-state index is 14.0. The lowest BCUT2D eigenvalue weighted by molar-refractivity contribution is -0.384. The SMILES string of the molecule is COc1cc([N+](=O)[O-])ccc1N1C(=O)[C@@H]2[C@@H](C1=O)C1c3ccccc3C2(C)c2ccccc21. The minimum Gasteiger partial charge on any atom is -0.494 e. The number of hydrogen-bond acceptors (Lipinski definition) is 5. The Morgan fingerprint density at radius 1 is 0.939 bits per heavy atom. The second-order valence-corrected chi connectivity index (χ2v) is 8.98. The normalized spacial score (nSPS) is 26.6. The van der Waals surface area contributed by atoms with Gasteiger partial charge in [0.05, 0.1) is 35.6 Å². The Bertz CT molecular complexity index is 1330. The van der Waals surface area contributed by atoms with Crippen molar-refractivity contribution in [3.05, 3.63) is 99.1 Å². The molecule has 1 saturated heterocycles. The molecule has 0 N–H and O–H groups in total. The zero-order valence-corrected chi connectivity index (χ0v) is 18.0. The summed E-state index contributed by atoms with van der Waals surface area (Å²) in [5.41, 5.74) is 3.73. The maximum Gasteiger partial charge on any atom is 0.273 e. The van der Waals surface area contributed by atoms with Gasteiger partial charge in [0.1, 0.15) is 5.75 Å². The number of nitro benzene ring substituents is 1. The van der Waals surface area contributed by atoms with Crippen LogP contribution in [-0.2, 0) is 15.0 Å². The zero-order chi connectivity index (χ0) is 23.1. The van der Waals surface area contributed by atoms with Crippen molar-refractivity contribution in [3.63, 3.8) is 0 Å². The molecule has 0 radical (unpaired) electrons. The number of ether oxygens (including phenoxy) is 1. The number of amides is 2. The molecule has 7 heteroatoms. The van der Waals surface area contributed by atoms with Crippen molar-refractivity contribution >= 4 is 23.2 Å². The van der Waals surface area contributed by atoms with Crippen molar-refractivity contribution in [2.45, 2.75) is 18.3 Å². The Morgan fingerprint density at radius 3 is 2.12 bits per heavy atom. The molecule has 7 rings (SSSR count). The Labute approximate surface area is 189 Å². The topological polar surface area (TPSA) is 89.8 Å². The molecule has 2 amide bonds. The highest BCUT2D eigenvalue weighted by molar-refractivity contribution is 6.24. The third-order valence-electron chi connectivity index (χ3n) is 7.66. The van der Waals surface area contributed by atoms with Crippen molar-refractivity contribution in [3.8, 4) is 5.75 Å². The van der Waals surface area contributed by atoms with Gasteiger partial charge < -0.3 is 4.74 Å². The van der Waals surface area contributed by atoms with E-state index in [0.29, 0.717) is 0 Å². The van der Waals surface area contributed by atoms with Crippen LogP contribution in [0.15, 0.2) is 66.7 Å². The largest absolute Gasteiger partial charge is 0.494 e. The molecule has 33 heavy (non-hydrogen) atoms. The number of imide groups is 1. The van der Waals surface area contributed by atoms with Gasteiger partial charge in [-0.05, 0) is 28.3 Å². The predicted octanol–water partition coefficient (Wildman–Crippen LogP) is 4.17. The fourth-order valence-electron chi connectivity index (χ4n) is 6.35. The summed E-state index contributed by atoms with van der Waals surface area (Å²) in [6.45, 7) is 2.06. The summed E-state index contributed by atoms with van der Waals surface area (Å²) < 4.78 is 5.37. The molecule has 2 atom stereocenters. The molecule has 0 saturated carbocycles. The first-order chi connectivity index (χ1) is 15.9. The van der Waals surface area contributed by atoms with E-state index < -0.39 is 22.2 Å². The predicted molar refractivity (Wildman–Crippen MR) is 120 cm³/mol. The molecule has 1 fully saturated rings. The van der Waals surface area contributed by atoms with E-state index in [4.69, 9.17) is 4.74 Å². The minimum atomic E-state index is -0.665. The lowest BCUT2D eigenvalue weighted by Crippen LogP contribution is -2.51. The van der Waals surface area contributed by atoms with Crippen LogP contribution in [-0.4, -0.2) is 23.8 Å². The van der Waals surface area contributed by atoms with Crippen LogP contribution in [0.1, 0.15) is 35.1 Å². The van der Waals surface area contributed by atoms with Crippen molar-refractivity contribution in [1.82, 2.24) is 0 Å². The van der Waals surface area contributed by atoms with Gasteiger partial charge in [0.25, 0.3) is 5.69 Å². The third-order valence-corrected chi connectivity index (χ3v) is 7.66. The van der Waals surface area contributed by atoms with Crippen LogP contribution in [0.2, 0.25) is 0 Å². The summed E-state index contributed by atoms with van der Waals surface area (Å²) >= 11 is 0. The summed E-state index contributed by atoms with van der Waals surface area (Å²) in [6, 6.07) is 20.1.